The van der Waals surface area contributed by atoms with Crippen molar-refractivity contribution in [1.82, 2.24) is 15.0 Å². The predicted molar refractivity (Wildman–Crippen MR) is 61.0 cm³/mol. The molecule has 0 atom stereocenters. The monoisotopic (exact) mass is 253 g/mol. The molecule has 6 nitrogen and oxygen atoms in total. The predicted octanol–water partition coefficient (Wildman–Crippen LogP) is 0.744. The summed E-state index contributed by atoms with van der Waals surface area (Å²) < 4.78 is 26.2. The van der Waals surface area contributed by atoms with Gasteiger partial charge in [-0.2, -0.15) is 23.4 Å². The Bertz CT molecular complexity index is 592. The second-order valence-electron chi connectivity index (χ2n) is 3.43. The van der Waals surface area contributed by atoms with Gasteiger partial charge in [0.2, 0.25) is 0 Å². The molecule has 0 fully saturated rings. The van der Waals surface area contributed by atoms with Crippen molar-refractivity contribution in [3.8, 4) is 5.69 Å². The highest BCUT2D eigenvalue weighted by Crippen LogP contribution is 2.05. The van der Waals surface area contributed by atoms with E-state index < -0.39 is 10.1 Å². The van der Waals surface area contributed by atoms with Crippen molar-refractivity contribution < 1.29 is 12.6 Å². The molecule has 0 radical (unpaired) electrons. The number of hydrogen-bond acceptors (Lipinski definition) is 5. The summed E-state index contributed by atoms with van der Waals surface area (Å²) in [4.78, 5) is 1.42. The van der Waals surface area contributed by atoms with Crippen LogP contribution in [0.5, 0.6) is 0 Å². The molecule has 0 bridgehead atoms. The zero-order valence-electron chi connectivity index (χ0n) is 9.15. The summed E-state index contributed by atoms with van der Waals surface area (Å²) in [7, 11) is -3.45. The topological polar surface area (TPSA) is 74.1 Å². The first kappa shape index (κ1) is 11.7. The van der Waals surface area contributed by atoms with Gasteiger partial charge in [0.1, 0.15) is 12.3 Å². The van der Waals surface area contributed by atoms with Crippen LogP contribution in [-0.4, -0.2) is 29.7 Å². The summed E-state index contributed by atoms with van der Waals surface area (Å²) in [5.74, 6) is 0. The van der Waals surface area contributed by atoms with Gasteiger partial charge < -0.3 is 0 Å². The van der Waals surface area contributed by atoms with Gasteiger partial charge in [-0.15, -0.1) is 0 Å². The first-order valence-electron chi connectivity index (χ1n) is 4.86. The Labute approximate surface area is 99.0 Å². The third-order valence-corrected chi connectivity index (χ3v) is 2.49. The van der Waals surface area contributed by atoms with Crippen molar-refractivity contribution in [3.05, 3.63) is 42.2 Å². The SMILES string of the molecule is CS(=O)(=O)OCc1cnn(-c2ccccc2)n1. The fourth-order valence-electron chi connectivity index (χ4n) is 1.21. The van der Waals surface area contributed by atoms with Crippen LogP contribution >= 0.6 is 0 Å². The summed E-state index contributed by atoms with van der Waals surface area (Å²) in [6, 6.07) is 9.32. The molecule has 7 heteroatoms. The van der Waals surface area contributed by atoms with Crippen LogP contribution in [0.15, 0.2) is 36.5 Å². The molecule has 0 amide bonds. The molecule has 0 unspecified atom stereocenters. The highest BCUT2D eigenvalue weighted by Gasteiger charge is 2.06. The standard InChI is InChI=1S/C10H11N3O3S/c1-17(14,15)16-8-9-7-11-13(12-9)10-5-3-2-4-6-10/h2-7H,8H2,1H3. The van der Waals surface area contributed by atoms with E-state index in [1.165, 1.54) is 11.0 Å². The van der Waals surface area contributed by atoms with E-state index in [4.69, 9.17) is 0 Å². The quantitative estimate of drug-likeness (QED) is 0.751. The molecule has 2 rings (SSSR count). The molecule has 0 aliphatic carbocycles. The summed E-state index contributed by atoms with van der Waals surface area (Å²) in [5, 5.41) is 8.12. The minimum absolute atomic E-state index is 0.105. The van der Waals surface area contributed by atoms with Crippen molar-refractivity contribution >= 4 is 10.1 Å². The van der Waals surface area contributed by atoms with Crippen molar-refractivity contribution in [2.45, 2.75) is 6.61 Å². The van der Waals surface area contributed by atoms with Gasteiger partial charge in [-0.3, -0.25) is 4.18 Å². The van der Waals surface area contributed by atoms with Gasteiger partial charge in [0.15, 0.2) is 0 Å². The Kier molecular flexibility index (Phi) is 3.21. The maximum atomic E-state index is 10.8. The number of para-hydroxylation sites is 1. The zero-order chi connectivity index (χ0) is 12.3. The first-order valence-corrected chi connectivity index (χ1v) is 6.67. The first-order chi connectivity index (χ1) is 8.04. The van der Waals surface area contributed by atoms with E-state index in [2.05, 4.69) is 14.4 Å². The van der Waals surface area contributed by atoms with Gasteiger partial charge in [-0.1, -0.05) is 18.2 Å². The van der Waals surface area contributed by atoms with Crippen LogP contribution in [-0.2, 0) is 20.9 Å². The molecule has 0 saturated heterocycles. The van der Waals surface area contributed by atoms with E-state index in [-0.39, 0.29) is 6.61 Å². The second-order valence-corrected chi connectivity index (χ2v) is 5.07. The molecule has 0 saturated carbocycles. The maximum Gasteiger partial charge on any atom is 0.264 e. The summed E-state index contributed by atoms with van der Waals surface area (Å²) >= 11 is 0. The van der Waals surface area contributed by atoms with Crippen molar-refractivity contribution in [2.24, 2.45) is 0 Å². The van der Waals surface area contributed by atoms with Gasteiger partial charge in [0.25, 0.3) is 10.1 Å². The highest BCUT2D eigenvalue weighted by molar-refractivity contribution is 7.85. The van der Waals surface area contributed by atoms with Gasteiger partial charge >= 0.3 is 0 Å². The normalized spacial score (nSPS) is 11.6. The van der Waals surface area contributed by atoms with E-state index >= 15 is 0 Å². The van der Waals surface area contributed by atoms with Crippen LogP contribution in [0.4, 0.5) is 0 Å². The molecule has 2 aromatic rings. The largest absolute Gasteiger partial charge is 0.264 e. The van der Waals surface area contributed by atoms with Gasteiger partial charge in [0.05, 0.1) is 18.1 Å². The van der Waals surface area contributed by atoms with E-state index in [1.54, 1.807) is 0 Å². The van der Waals surface area contributed by atoms with E-state index in [0.717, 1.165) is 11.9 Å². The highest BCUT2D eigenvalue weighted by atomic mass is 32.2. The summed E-state index contributed by atoms with van der Waals surface area (Å²) in [6.07, 6.45) is 2.47. The molecule has 0 N–H and O–H groups in total. The second kappa shape index (κ2) is 4.64. The van der Waals surface area contributed by atoms with E-state index in [0.29, 0.717) is 5.69 Å². The Morgan fingerprint density at radius 2 is 2.00 bits per heavy atom. The van der Waals surface area contributed by atoms with Crippen molar-refractivity contribution in [1.29, 1.82) is 0 Å². The zero-order valence-corrected chi connectivity index (χ0v) is 9.96. The Morgan fingerprint density at radius 1 is 1.29 bits per heavy atom. The Morgan fingerprint density at radius 3 is 2.65 bits per heavy atom. The van der Waals surface area contributed by atoms with Crippen LogP contribution in [0, 0.1) is 0 Å². The smallest absolute Gasteiger partial charge is 0.264 e. The molecular formula is C10H11N3O3S. The number of aromatic nitrogens is 3. The maximum absolute atomic E-state index is 10.8. The number of rotatable bonds is 4. The fourth-order valence-corrected chi connectivity index (χ4v) is 1.55. The molecule has 1 heterocycles. The molecular weight excluding hydrogens is 242 g/mol. The Balaban J connectivity index is 2.12. The number of nitrogens with zero attached hydrogens (tertiary/aromatic N) is 3. The average Bonchev–Trinajstić information content (AvgIpc) is 2.75. The molecule has 0 aliphatic rings. The molecule has 1 aromatic carbocycles. The third-order valence-electron chi connectivity index (χ3n) is 1.95. The molecule has 0 spiro atoms. The lowest BCUT2D eigenvalue weighted by atomic mass is 10.3. The van der Waals surface area contributed by atoms with E-state index in [9.17, 15) is 8.42 Å². The average molecular weight is 253 g/mol. The minimum atomic E-state index is -3.45. The van der Waals surface area contributed by atoms with Crippen LogP contribution in [0.3, 0.4) is 0 Å². The van der Waals surface area contributed by atoms with Crippen LogP contribution < -0.4 is 0 Å². The molecule has 90 valence electrons. The summed E-state index contributed by atoms with van der Waals surface area (Å²) in [5.41, 5.74) is 1.26. The lowest BCUT2D eigenvalue weighted by molar-refractivity contribution is 0.306. The molecule has 1 aromatic heterocycles. The number of benzene rings is 1. The number of hydrogen-bond donors (Lipinski definition) is 0. The third kappa shape index (κ3) is 3.36. The van der Waals surface area contributed by atoms with Gasteiger partial charge in [-0.05, 0) is 12.1 Å². The van der Waals surface area contributed by atoms with Gasteiger partial charge in [0, 0.05) is 0 Å². The van der Waals surface area contributed by atoms with Crippen molar-refractivity contribution in [3.63, 3.8) is 0 Å². The molecule has 0 aliphatic heterocycles. The minimum Gasteiger partial charge on any atom is -0.264 e. The van der Waals surface area contributed by atoms with Crippen LogP contribution in [0.1, 0.15) is 5.69 Å². The van der Waals surface area contributed by atoms with E-state index in [1.807, 2.05) is 30.3 Å². The lowest BCUT2D eigenvalue weighted by Crippen LogP contribution is -2.04. The molecule has 17 heavy (non-hydrogen) atoms. The van der Waals surface area contributed by atoms with Crippen molar-refractivity contribution in [2.75, 3.05) is 6.26 Å². The summed E-state index contributed by atoms with van der Waals surface area (Å²) in [6.45, 7) is -0.105. The van der Waals surface area contributed by atoms with Crippen LogP contribution in [0.25, 0.3) is 5.69 Å². The fraction of sp³-hybridized carbons (Fsp3) is 0.200. The Hall–Kier alpha value is -1.73. The lowest BCUT2D eigenvalue weighted by Gasteiger charge is -1.98. The van der Waals surface area contributed by atoms with Crippen LogP contribution in [0.2, 0.25) is 0 Å². The van der Waals surface area contributed by atoms with Gasteiger partial charge in [-0.25, -0.2) is 0 Å².